The van der Waals surface area contributed by atoms with Gasteiger partial charge in [-0.25, -0.2) is 4.79 Å². The first-order chi connectivity index (χ1) is 12.2. The molecule has 0 spiro atoms. The van der Waals surface area contributed by atoms with Gasteiger partial charge >= 0.3 is 5.97 Å². The van der Waals surface area contributed by atoms with Crippen molar-refractivity contribution < 1.29 is 24.1 Å². The van der Waals surface area contributed by atoms with Gasteiger partial charge in [0.05, 0.1) is 5.56 Å². The Bertz CT molecular complexity index is 581. The summed E-state index contributed by atoms with van der Waals surface area (Å²) < 4.78 is 16.3. The normalized spacial score (nSPS) is 26.5. The van der Waals surface area contributed by atoms with Gasteiger partial charge in [0.1, 0.15) is 12.2 Å². The lowest BCUT2D eigenvalue weighted by atomic mass is 10.1. The number of methoxy groups -OCH3 is 1. The van der Waals surface area contributed by atoms with E-state index in [9.17, 15) is 9.90 Å². The molecule has 0 aliphatic carbocycles. The molecule has 2 rings (SSSR count). The minimum absolute atomic E-state index is 0.439. The van der Waals surface area contributed by atoms with Crippen LogP contribution in [-0.2, 0) is 14.2 Å². The Balaban J connectivity index is 1.98. The second-order valence-corrected chi connectivity index (χ2v) is 5.83. The van der Waals surface area contributed by atoms with Crippen LogP contribution in [0.25, 0.3) is 0 Å². The van der Waals surface area contributed by atoms with E-state index < -0.39 is 30.6 Å². The Morgan fingerprint density at radius 1 is 1.20 bits per heavy atom. The van der Waals surface area contributed by atoms with E-state index in [0.717, 1.165) is 12.8 Å². The van der Waals surface area contributed by atoms with Gasteiger partial charge in [-0.15, -0.1) is 0 Å². The van der Waals surface area contributed by atoms with E-state index in [2.05, 4.69) is 19.1 Å². The molecule has 1 aromatic rings. The topological polar surface area (TPSA) is 65.0 Å². The number of aliphatic hydroxyl groups is 1. The van der Waals surface area contributed by atoms with Gasteiger partial charge in [0.2, 0.25) is 0 Å². The van der Waals surface area contributed by atoms with Crippen LogP contribution in [0.15, 0.2) is 54.6 Å². The molecular weight excluding hydrogens is 320 g/mol. The fourth-order valence-electron chi connectivity index (χ4n) is 2.67. The van der Waals surface area contributed by atoms with E-state index in [1.54, 1.807) is 24.3 Å². The maximum absolute atomic E-state index is 12.3. The van der Waals surface area contributed by atoms with Crippen molar-refractivity contribution >= 4 is 5.97 Å². The van der Waals surface area contributed by atoms with Crippen molar-refractivity contribution in [3.05, 3.63) is 60.2 Å². The summed E-state index contributed by atoms with van der Waals surface area (Å²) in [5.74, 6) is -0.482. The predicted molar refractivity (Wildman–Crippen MR) is 95.1 cm³/mol. The lowest BCUT2D eigenvalue weighted by molar-refractivity contribution is -0.147. The number of allylic oxidation sites excluding steroid dienone is 3. The van der Waals surface area contributed by atoms with Crippen molar-refractivity contribution in [2.75, 3.05) is 7.11 Å². The minimum atomic E-state index is -1.02. The van der Waals surface area contributed by atoms with Crippen molar-refractivity contribution in [1.29, 1.82) is 0 Å². The SMILES string of the molecule is CC/C=C/C/C=C\C[C@H]1OC(OC)[C@H](O)[C@H]1OC(=O)c1ccccc1. The van der Waals surface area contributed by atoms with E-state index in [0.29, 0.717) is 12.0 Å². The van der Waals surface area contributed by atoms with Crippen LogP contribution in [0.5, 0.6) is 0 Å². The third-order valence-corrected chi connectivity index (χ3v) is 3.99. The van der Waals surface area contributed by atoms with Gasteiger partial charge in [-0.05, 0) is 31.4 Å². The molecule has 1 aliphatic rings. The molecule has 1 fully saturated rings. The number of esters is 1. The predicted octanol–water partition coefficient (Wildman–Crippen LogP) is 3.25. The Morgan fingerprint density at radius 3 is 2.60 bits per heavy atom. The van der Waals surface area contributed by atoms with Crippen LogP contribution in [0.2, 0.25) is 0 Å². The van der Waals surface area contributed by atoms with Gasteiger partial charge in [0, 0.05) is 7.11 Å². The number of hydrogen-bond donors (Lipinski definition) is 1. The molecule has 1 unspecified atom stereocenters. The molecule has 4 atom stereocenters. The largest absolute Gasteiger partial charge is 0.453 e. The molecule has 1 aromatic carbocycles. The summed E-state index contributed by atoms with van der Waals surface area (Å²) in [7, 11) is 1.46. The number of carbonyl (C=O) groups excluding carboxylic acids is 1. The molecule has 1 heterocycles. The number of hydrogen-bond acceptors (Lipinski definition) is 5. The van der Waals surface area contributed by atoms with Gasteiger partial charge < -0.3 is 19.3 Å². The zero-order chi connectivity index (χ0) is 18.1. The highest BCUT2D eigenvalue weighted by atomic mass is 16.7. The van der Waals surface area contributed by atoms with E-state index in [-0.39, 0.29) is 0 Å². The fourth-order valence-corrected chi connectivity index (χ4v) is 2.67. The molecule has 0 aromatic heterocycles. The minimum Gasteiger partial charge on any atom is -0.453 e. The van der Waals surface area contributed by atoms with Crippen molar-refractivity contribution in [2.24, 2.45) is 0 Å². The highest BCUT2D eigenvalue weighted by molar-refractivity contribution is 5.89. The number of rotatable bonds is 8. The molecule has 5 nitrogen and oxygen atoms in total. The molecule has 5 heteroatoms. The van der Waals surface area contributed by atoms with Gasteiger partial charge in [0.25, 0.3) is 0 Å². The third kappa shape index (κ3) is 5.53. The maximum atomic E-state index is 12.3. The van der Waals surface area contributed by atoms with Gasteiger partial charge in [-0.1, -0.05) is 49.4 Å². The Labute approximate surface area is 148 Å². The van der Waals surface area contributed by atoms with E-state index in [1.807, 2.05) is 18.2 Å². The zero-order valence-electron chi connectivity index (χ0n) is 14.7. The summed E-state index contributed by atoms with van der Waals surface area (Å²) in [6, 6.07) is 8.70. The highest BCUT2D eigenvalue weighted by Gasteiger charge is 2.46. The fraction of sp³-hybridized carbons (Fsp3) is 0.450. The Hall–Kier alpha value is -1.95. The number of benzene rings is 1. The van der Waals surface area contributed by atoms with Crippen LogP contribution >= 0.6 is 0 Å². The van der Waals surface area contributed by atoms with Crippen molar-refractivity contribution in [1.82, 2.24) is 0 Å². The number of ether oxygens (including phenoxy) is 3. The summed E-state index contributed by atoms with van der Waals surface area (Å²) in [6.45, 7) is 2.09. The van der Waals surface area contributed by atoms with Crippen LogP contribution in [0.3, 0.4) is 0 Å². The zero-order valence-corrected chi connectivity index (χ0v) is 14.7. The van der Waals surface area contributed by atoms with Crippen LogP contribution in [0.4, 0.5) is 0 Å². The summed E-state index contributed by atoms with van der Waals surface area (Å²) in [6.07, 6.45) is 7.54. The standard InChI is InChI=1S/C20H26O5/c1-3-4-5-6-7-11-14-16-18(17(21)20(23-2)24-16)25-19(22)15-12-9-8-10-13-15/h4-5,7-13,16-18,20-21H,3,6,14H2,1-2H3/b5-4+,11-7-/t16-,17-,18+,20?/m1/s1. The highest BCUT2D eigenvalue weighted by Crippen LogP contribution is 2.28. The molecular formula is C20H26O5. The molecule has 0 saturated carbocycles. The van der Waals surface area contributed by atoms with Crippen molar-refractivity contribution in [3.63, 3.8) is 0 Å². The van der Waals surface area contributed by atoms with Crippen LogP contribution < -0.4 is 0 Å². The number of carbonyl (C=O) groups is 1. The van der Waals surface area contributed by atoms with Crippen LogP contribution in [0, 0.1) is 0 Å². The molecule has 1 saturated heterocycles. The molecule has 0 amide bonds. The van der Waals surface area contributed by atoms with E-state index in [4.69, 9.17) is 14.2 Å². The second-order valence-electron chi connectivity index (χ2n) is 5.83. The Kier molecular flexibility index (Phi) is 7.85. The summed E-state index contributed by atoms with van der Waals surface area (Å²) in [4.78, 5) is 12.3. The van der Waals surface area contributed by atoms with Crippen LogP contribution in [0.1, 0.15) is 36.5 Å². The summed E-state index contributed by atoms with van der Waals surface area (Å²) in [5.41, 5.74) is 0.439. The molecule has 1 aliphatic heterocycles. The summed E-state index contributed by atoms with van der Waals surface area (Å²) in [5, 5.41) is 10.3. The number of aliphatic hydroxyl groups excluding tert-OH is 1. The van der Waals surface area contributed by atoms with Gasteiger partial charge in [0.15, 0.2) is 12.4 Å². The smallest absolute Gasteiger partial charge is 0.338 e. The average molecular weight is 346 g/mol. The lowest BCUT2D eigenvalue weighted by Gasteiger charge is -2.19. The average Bonchev–Trinajstić information content (AvgIpc) is 2.94. The van der Waals surface area contributed by atoms with Gasteiger partial charge in [-0.2, -0.15) is 0 Å². The van der Waals surface area contributed by atoms with Gasteiger partial charge in [-0.3, -0.25) is 0 Å². The second kappa shape index (κ2) is 10.1. The molecule has 1 N–H and O–H groups in total. The molecule has 0 bridgehead atoms. The van der Waals surface area contributed by atoms with E-state index >= 15 is 0 Å². The quantitative estimate of drug-likeness (QED) is 0.578. The van der Waals surface area contributed by atoms with Crippen molar-refractivity contribution in [3.8, 4) is 0 Å². The van der Waals surface area contributed by atoms with Crippen molar-refractivity contribution in [2.45, 2.75) is 50.8 Å². The lowest BCUT2D eigenvalue weighted by Crippen LogP contribution is -2.37. The first-order valence-electron chi connectivity index (χ1n) is 8.59. The monoisotopic (exact) mass is 346 g/mol. The third-order valence-electron chi connectivity index (χ3n) is 3.99. The summed E-state index contributed by atoms with van der Waals surface area (Å²) >= 11 is 0. The first kappa shape index (κ1) is 19.4. The maximum Gasteiger partial charge on any atom is 0.338 e. The molecule has 136 valence electrons. The van der Waals surface area contributed by atoms with Crippen LogP contribution in [-0.4, -0.2) is 42.8 Å². The molecule has 25 heavy (non-hydrogen) atoms. The molecule has 0 radical (unpaired) electrons. The Morgan fingerprint density at radius 2 is 1.92 bits per heavy atom. The first-order valence-corrected chi connectivity index (χ1v) is 8.59. The van der Waals surface area contributed by atoms with E-state index in [1.165, 1.54) is 7.11 Å².